The van der Waals surface area contributed by atoms with Gasteiger partial charge in [0, 0.05) is 12.7 Å². The first kappa shape index (κ1) is 19.2. The van der Waals surface area contributed by atoms with Crippen LogP contribution in [-0.4, -0.2) is 40.6 Å². The second kappa shape index (κ2) is 6.89. The van der Waals surface area contributed by atoms with Gasteiger partial charge in [-0.2, -0.15) is 22.6 Å². The average molecular weight is 402 g/mol. The summed E-state index contributed by atoms with van der Waals surface area (Å²) in [6.07, 6.45) is -3.61. The fourth-order valence-electron chi connectivity index (χ4n) is 2.78. The maximum atomic E-state index is 13.8. The number of aromatic amines is 1. The smallest absolute Gasteiger partial charge is 0.264 e. The van der Waals surface area contributed by atoms with Gasteiger partial charge in [0.15, 0.2) is 5.03 Å². The average Bonchev–Trinajstić information content (AvgIpc) is 3.04. The number of rotatable bonds is 5. The van der Waals surface area contributed by atoms with Gasteiger partial charge in [0.05, 0.1) is 0 Å². The maximum absolute atomic E-state index is 13.8. The predicted octanol–water partition coefficient (Wildman–Crippen LogP) is 3.41. The van der Waals surface area contributed by atoms with Gasteiger partial charge < -0.3 is 0 Å². The van der Waals surface area contributed by atoms with E-state index in [0.717, 1.165) is 24.3 Å². The molecule has 0 amide bonds. The third kappa shape index (κ3) is 3.52. The summed E-state index contributed by atoms with van der Waals surface area (Å²) < 4.78 is 80.8. The van der Waals surface area contributed by atoms with E-state index in [0.29, 0.717) is 4.31 Å². The molecule has 1 aromatic carbocycles. The van der Waals surface area contributed by atoms with Crippen LogP contribution in [0.3, 0.4) is 0 Å². The lowest BCUT2D eigenvalue weighted by atomic mass is 10.1. The van der Waals surface area contributed by atoms with Gasteiger partial charge in [0.2, 0.25) is 0 Å². The minimum atomic E-state index is -4.93. The topological polar surface area (TPSA) is 79.0 Å². The van der Waals surface area contributed by atoms with Crippen LogP contribution in [0, 0.1) is 5.82 Å². The summed E-state index contributed by atoms with van der Waals surface area (Å²) in [5, 5.41) is 5.52. The van der Waals surface area contributed by atoms with E-state index in [1.807, 2.05) is 0 Å². The Kier molecular flexibility index (Phi) is 4.91. The first-order valence-electron chi connectivity index (χ1n) is 7.79. The van der Waals surface area contributed by atoms with Crippen molar-refractivity contribution < 1.29 is 26.0 Å². The molecule has 11 heteroatoms. The standard InChI is InChI=1S/C16H14F4N4O2S/c1-2-24(14(16(18,19)20)10-5-7-11(17)8-6-10)27(25,26)15-13-12(22-23-15)4-3-9-21-13/h3-9,14H,2H2,1H3,(H,22,23). The van der Waals surface area contributed by atoms with Crippen LogP contribution in [0.25, 0.3) is 11.0 Å². The summed E-state index contributed by atoms with van der Waals surface area (Å²) in [6.45, 7) is 0.809. The van der Waals surface area contributed by atoms with E-state index in [4.69, 9.17) is 0 Å². The number of nitrogens with zero attached hydrogens (tertiary/aromatic N) is 3. The molecular formula is C16H14F4N4O2S. The second-order valence-corrected chi connectivity index (χ2v) is 7.46. The van der Waals surface area contributed by atoms with Gasteiger partial charge >= 0.3 is 6.18 Å². The van der Waals surface area contributed by atoms with E-state index in [-0.39, 0.29) is 11.0 Å². The highest BCUT2D eigenvalue weighted by molar-refractivity contribution is 7.89. The molecule has 0 aliphatic heterocycles. The maximum Gasteiger partial charge on any atom is 0.409 e. The quantitative estimate of drug-likeness (QED) is 0.664. The van der Waals surface area contributed by atoms with Crippen molar-refractivity contribution in [3.8, 4) is 0 Å². The Labute approximate surface area is 151 Å². The van der Waals surface area contributed by atoms with Crippen molar-refractivity contribution >= 4 is 21.1 Å². The second-order valence-electron chi connectivity index (χ2n) is 5.63. The summed E-state index contributed by atoms with van der Waals surface area (Å²) in [5.41, 5.74) is -0.250. The fraction of sp³-hybridized carbons (Fsp3) is 0.250. The first-order chi connectivity index (χ1) is 12.7. The molecule has 0 aliphatic rings. The summed E-state index contributed by atoms with van der Waals surface area (Å²) in [4.78, 5) is 3.90. The normalized spacial score (nSPS) is 14.0. The van der Waals surface area contributed by atoms with Crippen LogP contribution in [-0.2, 0) is 10.0 Å². The molecule has 0 aliphatic carbocycles. The molecule has 1 N–H and O–H groups in total. The zero-order chi connectivity index (χ0) is 19.8. The van der Waals surface area contributed by atoms with Gasteiger partial charge in [-0.1, -0.05) is 19.1 Å². The Balaban J connectivity index is 2.16. The highest BCUT2D eigenvalue weighted by Crippen LogP contribution is 2.40. The molecule has 0 fully saturated rings. The molecule has 0 spiro atoms. The van der Waals surface area contributed by atoms with Gasteiger partial charge in [-0.05, 0) is 29.8 Å². The number of aromatic nitrogens is 3. The number of benzene rings is 1. The minimum Gasteiger partial charge on any atom is -0.264 e. The summed E-state index contributed by atoms with van der Waals surface area (Å²) in [6, 6.07) is 4.03. The number of pyridine rings is 1. The fourth-order valence-corrected chi connectivity index (χ4v) is 4.43. The van der Waals surface area contributed by atoms with Crippen molar-refractivity contribution in [1.82, 2.24) is 19.5 Å². The number of fused-ring (bicyclic) bond motifs is 1. The lowest BCUT2D eigenvalue weighted by Gasteiger charge is -2.31. The SMILES string of the molecule is CCN(C(c1ccc(F)cc1)C(F)(F)F)S(=O)(=O)c1[nH]nc2cccnc12. The van der Waals surface area contributed by atoms with Crippen LogP contribution in [0.5, 0.6) is 0 Å². The van der Waals surface area contributed by atoms with E-state index in [1.54, 1.807) is 0 Å². The molecule has 0 bridgehead atoms. The predicted molar refractivity (Wildman–Crippen MR) is 88.7 cm³/mol. The van der Waals surface area contributed by atoms with Crippen LogP contribution >= 0.6 is 0 Å². The minimum absolute atomic E-state index is 0.0593. The molecule has 1 atom stereocenters. The number of hydrogen-bond donors (Lipinski definition) is 1. The number of alkyl halides is 3. The third-order valence-electron chi connectivity index (χ3n) is 3.94. The van der Waals surface area contributed by atoms with Crippen molar-refractivity contribution in [2.45, 2.75) is 24.2 Å². The largest absolute Gasteiger partial charge is 0.409 e. The van der Waals surface area contributed by atoms with Crippen LogP contribution in [0.4, 0.5) is 17.6 Å². The van der Waals surface area contributed by atoms with E-state index in [1.165, 1.54) is 25.3 Å². The Morgan fingerprint density at radius 3 is 2.44 bits per heavy atom. The van der Waals surface area contributed by atoms with Crippen molar-refractivity contribution in [1.29, 1.82) is 0 Å². The number of H-pyrrole nitrogens is 1. The van der Waals surface area contributed by atoms with E-state index in [2.05, 4.69) is 15.2 Å². The zero-order valence-electron chi connectivity index (χ0n) is 13.9. The molecular weight excluding hydrogens is 388 g/mol. The Bertz CT molecular complexity index is 1050. The lowest BCUT2D eigenvalue weighted by Crippen LogP contribution is -2.42. The molecule has 0 saturated heterocycles. The molecule has 6 nitrogen and oxygen atoms in total. The van der Waals surface area contributed by atoms with Gasteiger partial charge in [-0.25, -0.2) is 12.8 Å². The Hall–Kier alpha value is -2.53. The highest BCUT2D eigenvalue weighted by atomic mass is 32.2. The molecule has 0 radical (unpaired) electrons. The van der Waals surface area contributed by atoms with Crippen molar-refractivity contribution in [3.05, 3.63) is 54.0 Å². The number of sulfonamides is 1. The molecule has 2 heterocycles. The summed E-state index contributed by atoms with van der Waals surface area (Å²) in [5.74, 6) is -0.727. The third-order valence-corrected chi connectivity index (χ3v) is 5.83. The van der Waals surface area contributed by atoms with Crippen LogP contribution in [0.15, 0.2) is 47.6 Å². The van der Waals surface area contributed by atoms with Crippen LogP contribution in [0.1, 0.15) is 18.5 Å². The van der Waals surface area contributed by atoms with E-state index >= 15 is 0 Å². The van der Waals surface area contributed by atoms with E-state index < -0.39 is 45.2 Å². The molecule has 27 heavy (non-hydrogen) atoms. The zero-order valence-corrected chi connectivity index (χ0v) is 14.7. The van der Waals surface area contributed by atoms with Gasteiger partial charge in [0.1, 0.15) is 22.9 Å². The van der Waals surface area contributed by atoms with Crippen molar-refractivity contribution in [2.24, 2.45) is 0 Å². The molecule has 0 saturated carbocycles. The van der Waals surface area contributed by atoms with Gasteiger partial charge in [-0.3, -0.25) is 10.1 Å². The number of nitrogens with one attached hydrogen (secondary N) is 1. The first-order valence-corrected chi connectivity index (χ1v) is 9.23. The van der Waals surface area contributed by atoms with Crippen molar-refractivity contribution in [3.63, 3.8) is 0 Å². The Morgan fingerprint density at radius 1 is 1.19 bits per heavy atom. The molecule has 2 aromatic heterocycles. The number of halogens is 4. The summed E-state index contributed by atoms with van der Waals surface area (Å²) >= 11 is 0. The van der Waals surface area contributed by atoms with Crippen molar-refractivity contribution in [2.75, 3.05) is 6.54 Å². The van der Waals surface area contributed by atoms with Crippen LogP contribution in [0.2, 0.25) is 0 Å². The number of hydrogen-bond acceptors (Lipinski definition) is 4. The van der Waals surface area contributed by atoms with Crippen LogP contribution < -0.4 is 0 Å². The Morgan fingerprint density at radius 2 is 1.85 bits per heavy atom. The van der Waals surface area contributed by atoms with Gasteiger partial charge in [0.25, 0.3) is 10.0 Å². The molecule has 3 rings (SSSR count). The summed E-state index contributed by atoms with van der Waals surface area (Å²) in [7, 11) is -4.64. The molecule has 3 aromatic rings. The molecule has 144 valence electrons. The monoisotopic (exact) mass is 402 g/mol. The highest BCUT2D eigenvalue weighted by Gasteiger charge is 2.49. The molecule has 1 unspecified atom stereocenters. The lowest BCUT2D eigenvalue weighted by molar-refractivity contribution is -0.173. The van der Waals surface area contributed by atoms with E-state index in [9.17, 15) is 26.0 Å². The van der Waals surface area contributed by atoms with Gasteiger partial charge in [-0.15, -0.1) is 0 Å².